The molecule has 0 radical (unpaired) electrons. The van der Waals surface area contributed by atoms with Crippen LogP contribution in [0.2, 0.25) is 0 Å². The van der Waals surface area contributed by atoms with Crippen LogP contribution >= 0.6 is 0 Å². The summed E-state index contributed by atoms with van der Waals surface area (Å²) in [6.07, 6.45) is 5.75. The highest BCUT2D eigenvalue weighted by Crippen LogP contribution is 2.17. The van der Waals surface area contributed by atoms with Crippen LogP contribution in [0.1, 0.15) is 25.7 Å². The molecule has 2 rings (SSSR count). The first-order valence-electron chi connectivity index (χ1n) is 4.91. The van der Waals surface area contributed by atoms with Gasteiger partial charge in [-0.1, -0.05) is 12.8 Å². The van der Waals surface area contributed by atoms with Gasteiger partial charge < -0.3 is 5.32 Å². The van der Waals surface area contributed by atoms with Gasteiger partial charge in [0.05, 0.1) is 0 Å². The second-order valence-corrected chi connectivity index (χ2v) is 3.74. The topological polar surface area (TPSA) is 15.3 Å². The monoisotopic (exact) mass is 154 g/mol. The largest absolute Gasteiger partial charge is 0.314 e. The third-order valence-electron chi connectivity index (χ3n) is 2.95. The predicted molar refractivity (Wildman–Crippen MR) is 46.7 cm³/mol. The average molecular weight is 154 g/mol. The summed E-state index contributed by atoms with van der Waals surface area (Å²) < 4.78 is 0. The van der Waals surface area contributed by atoms with Crippen molar-refractivity contribution in [3.63, 3.8) is 0 Å². The molecular weight excluding hydrogens is 136 g/mol. The maximum Gasteiger partial charge on any atom is 0.0221 e. The van der Waals surface area contributed by atoms with Crippen LogP contribution in [0.4, 0.5) is 0 Å². The van der Waals surface area contributed by atoms with Crippen molar-refractivity contribution in [2.75, 3.05) is 26.2 Å². The number of fused-ring (bicyclic) bond motifs is 1. The van der Waals surface area contributed by atoms with Crippen LogP contribution in [0, 0.1) is 0 Å². The van der Waals surface area contributed by atoms with E-state index in [-0.39, 0.29) is 0 Å². The van der Waals surface area contributed by atoms with E-state index in [1.807, 2.05) is 0 Å². The van der Waals surface area contributed by atoms with Crippen molar-refractivity contribution < 1.29 is 0 Å². The van der Waals surface area contributed by atoms with Crippen molar-refractivity contribution in [2.45, 2.75) is 31.7 Å². The Kier molecular flexibility index (Phi) is 2.44. The number of nitrogens with zero attached hydrogens (tertiary/aromatic N) is 1. The van der Waals surface area contributed by atoms with Crippen LogP contribution in [-0.2, 0) is 0 Å². The van der Waals surface area contributed by atoms with Gasteiger partial charge in [-0.25, -0.2) is 0 Å². The summed E-state index contributed by atoms with van der Waals surface area (Å²) in [4.78, 5) is 2.67. The normalized spacial score (nSPS) is 34.4. The maximum absolute atomic E-state index is 3.47. The van der Waals surface area contributed by atoms with Gasteiger partial charge in [-0.2, -0.15) is 0 Å². The Hall–Kier alpha value is -0.0800. The quantitative estimate of drug-likeness (QED) is 0.556. The van der Waals surface area contributed by atoms with E-state index < -0.39 is 0 Å². The highest BCUT2D eigenvalue weighted by atomic mass is 15.2. The second kappa shape index (κ2) is 3.55. The van der Waals surface area contributed by atoms with Crippen molar-refractivity contribution >= 4 is 0 Å². The summed E-state index contributed by atoms with van der Waals surface area (Å²) in [7, 11) is 0. The Morgan fingerprint density at radius 2 is 2.09 bits per heavy atom. The molecule has 0 unspecified atom stereocenters. The molecule has 0 spiro atoms. The van der Waals surface area contributed by atoms with E-state index in [1.54, 1.807) is 0 Å². The van der Waals surface area contributed by atoms with Gasteiger partial charge >= 0.3 is 0 Å². The van der Waals surface area contributed by atoms with E-state index in [2.05, 4.69) is 10.2 Å². The molecule has 11 heavy (non-hydrogen) atoms. The van der Waals surface area contributed by atoms with Crippen LogP contribution in [0.25, 0.3) is 0 Å². The summed E-state index contributed by atoms with van der Waals surface area (Å²) in [5.41, 5.74) is 0. The summed E-state index contributed by atoms with van der Waals surface area (Å²) in [5, 5.41) is 3.47. The van der Waals surface area contributed by atoms with Gasteiger partial charge in [-0.05, 0) is 19.4 Å². The number of nitrogens with one attached hydrogen (secondary N) is 1. The third-order valence-corrected chi connectivity index (χ3v) is 2.95. The van der Waals surface area contributed by atoms with Gasteiger partial charge in [-0.3, -0.25) is 4.90 Å². The first kappa shape index (κ1) is 7.56. The highest BCUT2D eigenvalue weighted by Gasteiger charge is 2.22. The van der Waals surface area contributed by atoms with Gasteiger partial charge in [0.2, 0.25) is 0 Å². The fraction of sp³-hybridized carbons (Fsp3) is 1.00. The zero-order valence-electron chi connectivity index (χ0n) is 7.18. The fourth-order valence-corrected chi connectivity index (χ4v) is 2.25. The minimum Gasteiger partial charge on any atom is -0.314 e. The molecule has 0 saturated carbocycles. The second-order valence-electron chi connectivity index (χ2n) is 3.74. The van der Waals surface area contributed by atoms with Crippen molar-refractivity contribution in [1.82, 2.24) is 10.2 Å². The van der Waals surface area contributed by atoms with Crippen molar-refractivity contribution in [3.8, 4) is 0 Å². The summed E-state index contributed by atoms with van der Waals surface area (Å²) in [6.45, 7) is 5.08. The first-order chi connectivity index (χ1) is 5.47. The molecule has 2 saturated heterocycles. The minimum absolute atomic E-state index is 0.867. The SMILES string of the molecule is C1CC[C@H]2CNCCN2CC1. The van der Waals surface area contributed by atoms with Crippen LogP contribution in [0.3, 0.4) is 0 Å². The van der Waals surface area contributed by atoms with E-state index in [4.69, 9.17) is 0 Å². The van der Waals surface area contributed by atoms with Gasteiger partial charge in [0.25, 0.3) is 0 Å². The molecule has 2 aliphatic rings. The molecule has 0 aromatic carbocycles. The lowest BCUT2D eigenvalue weighted by atomic mass is 10.1. The molecule has 0 aliphatic carbocycles. The molecule has 0 amide bonds. The molecule has 2 heterocycles. The van der Waals surface area contributed by atoms with Crippen LogP contribution in [0.15, 0.2) is 0 Å². The predicted octanol–water partition coefficient (Wildman–Crippen LogP) is 0.834. The molecule has 1 atom stereocenters. The Morgan fingerprint density at radius 1 is 1.09 bits per heavy atom. The van der Waals surface area contributed by atoms with E-state index in [1.165, 1.54) is 51.9 Å². The molecule has 0 aromatic rings. The number of hydrogen-bond acceptors (Lipinski definition) is 2. The Morgan fingerprint density at radius 3 is 3.09 bits per heavy atom. The lowest BCUT2D eigenvalue weighted by Crippen LogP contribution is -2.50. The Labute approximate surface area is 69.0 Å². The molecule has 2 fully saturated rings. The Balaban J connectivity index is 1.93. The minimum atomic E-state index is 0.867. The summed E-state index contributed by atoms with van der Waals surface area (Å²) in [6, 6.07) is 0.867. The van der Waals surface area contributed by atoms with Crippen LogP contribution in [0.5, 0.6) is 0 Å². The Bertz CT molecular complexity index is 111. The lowest BCUT2D eigenvalue weighted by Gasteiger charge is -2.34. The molecule has 0 bridgehead atoms. The summed E-state index contributed by atoms with van der Waals surface area (Å²) >= 11 is 0. The number of rotatable bonds is 0. The van der Waals surface area contributed by atoms with Gasteiger partial charge in [0.15, 0.2) is 0 Å². The molecular formula is C9H18N2. The van der Waals surface area contributed by atoms with Crippen LogP contribution in [-0.4, -0.2) is 37.1 Å². The van der Waals surface area contributed by atoms with E-state index in [0.29, 0.717) is 0 Å². The standard InChI is InChI=1S/C9H18N2/c1-2-4-9-8-10-5-7-11(9)6-3-1/h9-10H,1-8H2/t9-/m0/s1. The van der Waals surface area contributed by atoms with Crippen molar-refractivity contribution in [3.05, 3.63) is 0 Å². The maximum atomic E-state index is 3.47. The zero-order valence-corrected chi connectivity index (χ0v) is 7.18. The molecule has 0 aromatic heterocycles. The zero-order chi connectivity index (χ0) is 7.52. The molecule has 2 heteroatoms. The summed E-state index contributed by atoms with van der Waals surface area (Å²) in [5.74, 6) is 0. The van der Waals surface area contributed by atoms with Gasteiger partial charge in [-0.15, -0.1) is 0 Å². The van der Waals surface area contributed by atoms with Gasteiger partial charge in [0, 0.05) is 25.7 Å². The number of hydrogen-bond donors (Lipinski definition) is 1. The smallest absolute Gasteiger partial charge is 0.0221 e. The molecule has 64 valence electrons. The third kappa shape index (κ3) is 1.74. The molecule has 1 N–H and O–H groups in total. The van der Waals surface area contributed by atoms with Crippen LogP contribution < -0.4 is 5.32 Å². The average Bonchev–Trinajstić information content (AvgIpc) is 2.28. The lowest BCUT2D eigenvalue weighted by molar-refractivity contribution is 0.165. The van der Waals surface area contributed by atoms with E-state index in [0.717, 1.165) is 6.04 Å². The molecule has 2 nitrogen and oxygen atoms in total. The molecule has 2 aliphatic heterocycles. The first-order valence-corrected chi connectivity index (χ1v) is 4.91. The number of piperazine rings is 1. The van der Waals surface area contributed by atoms with E-state index in [9.17, 15) is 0 Å². The van der Waals surface area contributed by atoms with E-state index >= 15 is 0 Å². The highest BCUT2D eigenvalue weighted by molar-refractivity contribution is 4.81. The van der Waals surface area contributed by atoms with Gasteiger partial charge in [0.1, 0.15) is 0 Å². The van der Waals surface area contributed by atoms with Crippen molar-refractivity contribution in [2.24, 2.45) is 0 Å². The van der Waals surface area contributed by atoms with Crippen molar-refractivity contribution in [1.29, 1.82) is 0 Å². The fourth-order valence-electron chi connectivity index (χ4n) is 2.25.